The third-order valence-corrected chi connectivity index (χ3v) is 4.73. The number of hydrogen-bond donors (Lipinski definition) is 2. The maximum absolute atomic E-state index is 12.1. The predicted octanol–water partition coefficient (Wildman–Crippen LogP) is 4.21. The van der Waals surface area contributed by atoms with E-state index in [-0.39, 0.29) is 27.7 Å². The van der Waals surface area contributed by atoms with Crippen LogP contribution in [0.3, 0.4) is 0 Å². The molecule has 172 valence electrons. The van der Waals surface area contributed by atoms with Gasteiger partial charge in [0, 0.05) is 17.2 Å². The number of halogens is 2. The van der Waals surface area contributed by atoms with Gasteiger partial charge in [-0.15, -0.1) is 0 Å². The standard InChI is InChI=1S/C22H14Cl2N4O6/c23-15-5-10-18(24)19(11-15)26-20(29)21(30)27-25-12-13-1-8-17(9-2-13)34-22(31)14-3-6-16(7-4-14)28(32)33/h1-12H,(H,26,29)(H,27,30). The number of carbonyl (C=O) groups excluding carboxylic acids is 3. The van der Waals surface area contributed by atoms with Crippen molar-refractivity contribution in [1.82, 2.24) is 5.43 Å². The molecule has 0 atom stereocenters. The average Bonchev–Trinajstić information content (AvgIpc) is 2.82. The quantitative estimate of drug-likeness (QED) is 0.130. The average molecular weight is 501 g/mol. The van der Waals surface area contributed by atoms with Gasteiger partial charge < -0.3 is 10.1 Å². The van der Waals surface area contributed by atoms with E-state index < -0.39 is 22.7 Å². The van der Waals surface area contributed by atoms with Crippen LogP contribution in [0.25, 0.3) is 0 Å². The highest BCUT2D eigenvalue weighted by Gasteiger charge is 2.15. The van der Waals surface area contributed by atoms with Crippen LogP contribution in [0.15, 0.2) is 71.8 Å². The van der Waals surface area contributed by atoms with E-state index in [1.165, 1.54) is 60.8 Å². The molecule has 34 heavy (non-hydrogen) atoms. The van der Waals surface area contributed by atoms with Crippen LogP contribution in [-0.4, -0.2) is 28.9 Å². The fourth-order valence-corrected chi connectivity index (χ4v) is 2.83. The van der Waals surface area contributed by atoms with Crippen molar-refractivity contribution in [2.75, 3.05) is 5.32 Å². The molecule has 3 aromatic rings. The fraction of sp³-hybridized carbons (Fsp3) is 0. The number of non-ortho nitro benzene ring substituents is 1. The summed E-state index contributed by atoms with van der Waals surface area (Å²) in [5.41, 5.74) is 2.80. The van der Waals surface area contributed by atoms with Crippen LogP contribution >= 0.6 is 23.2 Å². The highest BCUT2D eigenvalue weighted by atomic mass is 35.5. The Labute approximate surface area is 202 Å². The number of nitro groups is 1. The van der Waals surface area contributed by atoms with E-state index in [2.05, 4.69) is 15.8 Å². The summed E-state index contributed by atoms with van der Waals surface area (Å²) >= 11 is 11.8. The maximum atomic E-state index is 12.1. The summed E-state index contributed by atoms with van der Waals surface area (Å²) in [6, 6.07) is 15.5. The molecule has 0 aliphatic heterocycles. The molecule has 0 aliphatic rings. The summed E-state index contributed by atoms with van der Waals surface area (Å²) in [5.74, 6) is -2.48. The fourth-order valence-electron chi connectivity index (χ4n) is 2.50. The third kappa shape index (κ3) is 6.61. The Balaban J connectivity index is 1.52. The van der Waals surface area contributed by atoms with Crippen LogP contribution < -0.4 is 15.5 Å². The Morgan fingerprint density at radius 3 is 2.26 bits per heavy atom. The number of nitrogens with zero attached hydrogens (tertiary/aromatic N) is 2. The molecule has 0 bridgehead atoms. The number of rotatable bonds is 6. The van der Waals surface area contributed by atoms with Gasteiger partial charge in [-0.05, 0) is 60.2 Å². The van der Waals surface area contributed by atoms with Crippen molar-refractivity contribution in [2.24, 2.45) is 5.10 Å². The Morgan fingerprint density at radius 1 is 0.941 bits per heavy atom. The van der Waals surface area contributed by atoms with Gasteiger partial charge in [0.1, 0.15) is 5.75 Å². The summed E-state index contributed by atoms with van der Waals surface area (Å²) in [5, 5.41) is 17.2. The first kappa shape index (κ1) is 24.4. The molecule has 3 rings (SSSR count). The van der Waals surface area contributed by atoms with Gasteiger partial charge in [-0.2, -0.15) is 5.10 Å². The number of ether oxygens (including phenoxy) is 1. The SMILES string of the molecule is O=C(NN=Cc1ccc(OC(=O)c2ccc([N+](=O)[O-])cc2)cc1)C(=O)Nc1cc(Cl)ccc1Cl. The summed E-state index contributed by atoms with van der Waals surface area (Å²) in [6.45, 7) is 0. The van der Waals surface area contributed by atoms with Crippen LogP contribution in [0.1, 0.15) is 15.9 Å². The first-order chi connectivity index (χ1) is 16.2. The van der Waals surface area contributed by atoms with Crippen LogP contribution in [0.5, 0.6) is 5.75 Å². The van der Waals surface area contributed by atoms with Gasteiger partial charge in [0.25, 0.3) is 5.69 Å². The lowest BCUT2D eigenvalue weighted by Crippen LogP contribution is -2.32. The Kier molecular flexibility index (Phi) is 7.91. The number of amides is 2. The molecule has 0 unspecified atom stereocenters. The second-order valence-corrected chi connectivity index (χ2v) is 7.38. The van der Waals surface area contributed by atoms with E-state index in [1.54, 1.807) is 12.1 Å². The van der Waals surface area contributed by atoms with Gasteiger partial charge in [0.15, 0.2) is 0 Å². The van der Waals surface area contributed by atoms with Crippen LogP contribution in [0.4, 0.5) is 11.4 Å². The highest BCUT2D eigenvalue weighted by molar-refractivity contribution is 6.42. The van der Waals surface area contributed by atoms with E-state index in [0.717, 1.165) is 0 Å². The summed E-state index contributed by atoms with van der Waals surface area (Å²) in [7, 11) is 0. The number of hydrogen-bond acceptors (Lipinski definition) is 7. The summed E-state index contributed by atoms with van der Waals surface area (Å²) in [4.78, 5) is 46.1. The van der Waals surface area contributed by atoms with Crippen LogP contribution in [-0.2, 0) is 9.59 Å². The van der Waals surface area contributed by atoms with E-state index >= 15 is 0 Å². The minimum atomic E-state index is -1.03. The second-order valence-electron chi connectivity index (χ2n) is 6.54. The molecule has 0 saturated carbocycles. The molecule has 0 heterocycles. The van der Waals surface area contributed by atoms with Crippen molar-refractivity contribution in [1.29, 1.82) is 0 Å². The Morgan fingerprint density at radius 2 is 1.62 bits per heavy atom. The van der Waals surface area contributed by atoms with Crippen molar-refractivity contribution >= 4 is 58.6 Å². The Hall–Kier alpha value is -4.28. The van der Waals surface area contributed by atoms with E-state index in [9.17, 15) is 24.5 Å². The molecule has 2 amide bonds. The molecule has 0 fully saturated rings. The van der Waals surface area contributed by atoms with Crippen molar-refractivity contribution < 1.29 is 24.0 Å². The summed E-state index contributed by atoms with van der Waals surface area (Å²) < 4.78 is 5.21. The minimum Gasteiger partial charge on any atom is -0.423 e. The predicted molar refractivity (Wildman–Crippen MR) is 125 cm³/mol. The molecule has 0 radical (unpaired) electrons. The first-order valence-corrected chi connectivity index (χ1v) is 10.1. The largest absolute Gasteiger partial charge is 0.423 e. The third-order valence-electron chi connectivity index (χ3n) is 4.17. The van der Waals surface area contributed by atoms with Crippen molar-refractivity contribution in [2.45, 2.75) is 0 Å². The van der Waals surface area contributed by atoms with E-state index in [1.807, 2.05) is 0 Å². The topological polar surface area (TPSA) is 140 Å². The number of esters is 1. The molecule has 3 aromatic carbocycles. The number of anilines is 1. The highest BCUT2D eigenvalue weighted by Crippen LogP contribution is 2.25. The van der Waals surface area contributed by atoms with Crippen molar-refractivity contribution in [3.05, 3.63) is 98.0 Å². The number of hydrazone groups is 1. The molecule has 0 spiro atoms. The number of carbonyl (C=O) groups is 3. The van der Waals surface area contributed by atoms with Gasteiger partial charge in [-0.1, -0.05) is 23.2 Å². The smallest absolute Gasteiger partial charge is 0.343 e. The van der Waals surface area contributed by atoms with Crippen LogP contribution in [0.2, 0.25) is 10.0 Å². The minimum absolute atomic E-state index is 0.141. The van der Waals surface area contributed by atoms with Crippen molar-refractivity contribution in [3.63, 3.8) is 0 Å². The zero-order valence-corrected chi connectivity index (χ0v) is 18.5. The monoisotopic (exact) mass is 500 g/mol. The van der Waals surface area contributed by atoms with E-state index in [0.29, 0.717) is 10.6 Å². The molecular formula is C22H14Cl2N4O6. The molecule has 12 heteroatoms. The van der Waals surface area contributed by atoms with Crippen LogP contribution in [0, 0.1) is 10.1 Å². The summed E-state index contributed by atoms with van der Waals surface area (Å²) in [6.07, 6.45) is 1.28. The molecule has 0 saturated heterocycles. The van der Waals surface area contributed by atoms with Gasteiger partial charge >= 0.3 is 17.8 Å². The molecular weight excluding hydrogens is 487 g/mol. The van der Waals surface area contributed by atoms with Crippen molar-refractivity contribution in [3.8, 4) is 5.75 Å². The normalized spacial score (nSPS) is 10.5. The van der Waals surface area contributed by atoms with Gasteiger partial charge in [0.2, 0.25) is 0 Å². The van der Waals surface area contributed by atoms with Gasteiger partial charge in [-0.25, -0.2) is 10.2 Å². The zero-order chi connectivity index (χ0) is 24.7. The molecule has 10 nitrogen and oxygen atoms in total. The van der Waals surface area contributed by atoms with Gasteiger partial charge in [-0.3, -0.25) is 19.7 Å². The first-order valence-electron chi connectivity index (χ1n) is 9.39. The lowest BCUT2D eigenvalue weighted by atomic mass is 10.2. The zero-order valence-electron chi connectivity index (χ0n) is 17.0. The number of nitro benzene ring substituents is 1. The second kappa shape index (κ2) is 11.0. The number of nitrogens with one attached hydrogen (secondary N) is 2. The Bertz CT molecular complexity index is 1280. The van der Waals surface area contributed by atoms with E-state index in [4.69, 9.17) is 27.9 Å². The molecule has 0 aliphatic carbocycles. The molecule has 2 N–H and O–H groups in total. The number of benzene rings is 3. The lowest BCUT2D eigenvalue weighted by molar-refractivity contribution is -0.384. The maximum Gasteiger partial charge on any atom is 0.343 e. The lowest BCUT2D eigenvalue weighted by Gasteiger charge is -2.06. The molecule has 0 aromatic heterocycles. The van der Waals surface area contributed by atoms with Gasteiger partial charge in [0.05, 0.1) is 27.4 Å².